The molecule has 33 heavy (non-hydrogen) atoms. The van der Waals surface area contributed by atoms with Gasteiger partial charge in [0.15, 0.2) is 5.78 Å². The summed E-state index contributed by atoms with van der Waals surface area (Å²) >= 11 is 12.8. The highest BCUT2D eigenvalue weighted by Crippen LogP contribution is 2.32. The predicted octanol–water partition coefficient (Wildman–Crippen LogP) is 5.38. The highest BCUT2D eigenvalue weighted by Gasteiger charge is 2.39. The fourth-order valence-electron chi connectivity index (χ4n) is 3.78. The van der Waals surface area contributed by atoms with Gasteiger partial charge in [-0.1, -0.05) is 47.5 Å². The van der Waals surface area contributed by atoms with Crippen molar-refractivity contribution in [1.29, 1.82) is 0 Å². The Kier molecular flexibility index (Phi) is 7.71. The number of aromatic nitrogens is 1. The third-order valence-electron chi connectivity index (χ3n) is 5.46. The summed E-state index contributed by atoms with van der Waals surface area (Å²) in [5, 5.41) is 0.514. The van der Waals surface area contributed by atoms with Gasteiger partial charge in [-0.05, 0) is 42.5 Å². The molecule has 174 valence electrons. The third-order valence-corrected chi connectivity index (χ3v) is 9.27. The number of hydrogen-bond acceptors (Lipinski definition) is 6. The van der Waals surface area contributed by atoms with Crippen molar-refractivity contribution in [3.8, 4) is 5.75 Å². The minimum atomic E-state index is -3.71. The van der Waals surface area contributed by atoms with Crippen molar-refractivity contribution in [2.75, 3.05) is 6.54 Å². The van der Waals surface area contributed by atoms with E-state index in [0.717, 1.165) is 22.5 Å². The average molecular weight is 525 g/mol. The van der Waals surface area contributed by atoms with Gasteiger partial charge >= 0.3 is 0 Å². The number of rotatable bonds is 9. The van der Waals surface area contributed by atoms with Gasteiger partial charge in [0.2, 0.25) is 0 Å². The summed E-state index contributed by atoms with van der Waals surface area (Å²) in [6, 6.07) is 12.0. The van der Waals surface area contributed by atoms with Crippen LogP contribution in [0.4, 0.5) is 0 Å². The second kappa shape index (κ2) is 10.5. The first-order valence-electron chi connectivity index (χ1n) is 10.4. The van der Waals surface area contributed by atoms with Crippen LogP contribution in [0.25, 0.3) is 0 Å². The Hall–Kier alpha value is -1.97. The molecule has 1 aromatic carbocycles. The molecule has 0 bridgehead atoms. The molecule has 1 atom stereocenters. The normalized spacial score (nSPS) is 16.7. The van der Waals surface area contributed by atoms with Crippen LogP contribution in [-0.2, 0) is 27.8 Å². The molecule has 0 saturated carbocycles. The van der Waals surface area contributed by atoms with E-state index in [2.05, 4.69) is 4.98 Å². The Labute approximate surface area is 207 Å². The summed E-state index contributed by atoms with van der Waals surface area (Å²) in [6.07, 6.45) is 5.20. The summed E-state index contributed by atoms with van der Waals surface area (Å²) in [4.78, 5) is 16.9. The summed E-state index contributed by atoms with van der Waals surface area (Å²) in [5.74, 6) is 0.539. The van der Waals surface area contributed by atoms with Crippen LogP contribution in [0.1, 0.15) is 30.4 Å². The zero-order valence-corrected chi connectivity index (χ0v) is 20.8. The number of aryl methyl sites for hydroxylation is 1. The number of hydrogen-bond donors (Lipinski definition) is 0. The lowest BCUT2D eigenvalue weighted by Crippen LogP contribution is -2.40. The number of sulfonamides is 1. The van der Waals surface area contributed by atoms with E-state index in [1.807, 2.05) is 24.3 Å². The highest BCUT2D eigenvalue weighted by atomic mass is 35.5. The highest BCUT2D eigenvalue weighted by molar-refractivity contribution is 7.91. The first-order valence-corrected chi connectivity index (χ1v) is 13.5. The molecule has 0 amide bonds. The quantitative estimate of drug-likeness (QED) is 0.375. The number of thiophene rings is 1. The summed E-state index contributed by atoms with van der Waals surface area (Å²) in [7, 11) is -3.71. The lowest BCUT2D eigenvalue weighted by Gasteiger charge is -2.22. The molecule has 3 heterocycles. The van der Waals surface area contributed by atoms with Crippen molar-refractivity contribution in [2.45, 2.75) is 42.5 Å². The Morgan fingerprint density at radius 1 is 1.12 bits per heavy atom. The van der Waals surface area contributed by atoms with Crippen molar-refractivity contribution in [2.24, 2.45) is 0 Å². The molecule has 1 saturated heterocycles. The van der Waals surface area contributed by atoms with Gasteiger partial charge in [-0.3, -0.25) is 9.78 Å². The summed E-state index contributed by atoms with van der Waals surface area (Å²) < 4.78 is 33.5. The largest absolute Gasteiger partial charge is 0.487 e. The molecule has 0 aliphatic carbocycles. The number of Topliss-reactive ketones (excluding diaryl/α,β-unsaturated/α-hetero) is 1. The second-order valence-corrected chi connectivity index (χ2v) is 12.0. The smallest absolute Gasteiger partial charge is 0.253 e. The van der Waals surface area contributed by atoms with Crippen LogP contribution in [0.3, 0.4) is 0 Å². The molecule has 0 N–H and O–H groups in total. The monoisotopic (exact) mass is 524 g/mol. The zero-order valence-electron chi connectivity index (χ0n) is 17.6. The number of carbonyl (C=O) groups excluding carboxylic acids is 1. The molecular formula is C23H22Cl2N2O4S2. The maximum absolute atomic E-state index is 13.0. The van der Waals surface area contributed by atoms with Gasteiger partial charge in [-0.15, -0.1) is 11.3 Å². The molecule has 0 radical (unpaired) electrons. The molecular weight excluding hydrogens is 503 g/mol. The first-order chi connectivity index (χ1) is 15.8. The molecule has 6 nitrogen and oxygen atoms in total. The van der Waals surface area contributed by atoms with Crippen molar-refractivity contribution in [3.05, 3.63) is 75.3 Å². The number of halogens is 2. The van der Waals surface area contributed by atoms with E-state index >= 15 is 0 Å². The van der Waals surface area contributed by atoms with Crippen LogP contribution < -0.4 is 4.74 Å². The van der Waals surface area contributed by atoms with Crippen LogP contribution in [0.5, 0.6) is 5.75 Å². The fourth-order valence-corrected chi connectivity index (χ4v) is 7.23. The fraction of sp³-hybridized carbons (Fsp3) is 0.304. The first kappa shape index (κ1) is 24.2. The van der Waals surface area contributed by atoms with Crippen LogP contribution in [0.15, 0.2) is 59.1 Å². The van der Waals surface area contributed by atoms with Crippen LogP contribution in [0.2, 0.25) is 9.36 Å². The van der Waals surface area contributed by atoms with Crippen molar-refractivity contribution < 1.29 is 17.9 Å². The minimum Gasteiger partial charge on any atom is -0.487 e. The van der Waals surface area contributed by atoms with E-state index in [4.69, 9.17) is 27.9 Å². The Bertz CT molecular complexity index is 1230. The van der Waals surface area contributed by atoms with E-state index in [9.17, 15) is 13.2 Å². The SMILES string of the molecule is O=C(CCc1ccc(COc2cncc(Cl)c2)cc1)[C@@H]1CCCN1S(=O)(=O)c1ccc(Cl)s1. The van der Waals surface area contributed by atoms with E-state index in [1.54, 1.807) is 24.5 Å². The van der Waals surface area contributed by atoms with E-state index in [0.29, 0.717) is 47.5 Å². The molecule has 1 aliphatic heterocycles. The average Bonchev–Trinajstić information content (AvgIpc) is 3.47. The van der Waals surface area contributed by atoms with Crippen molar-refractivity contribution >= 4 is 50.3 Å². The van der Waals surface area contributed by atoms with Crippen molar-refractivity contribution in [1.82, 2.24) is 9.29 Å². The van der Waals surface area contributed by atoms with Crippen LogP contribution >= 0.6 is 34.5 Å². The maximum atomic E-state index is 13.0. The number of pyridine rings is 1. The van der Waals surface area contributed by atoms with Gasteiger partial charge in [0.25, 0.3) is 10.0 Å². The van der Waals surface area contributed by atoms with E-state index in [1.165, 1.54) is 10.4 Å². The standard InChI is InChI=1S/C23H22Cl2N2O4S2/c24-18-12-19(14-26-13-18)31-15-17-5-3-16(4-6-17)7-8-21(28)20-2-1-11-27(20)33(29,30)23-10-9-22(25)32-23/h3-6,9-10,12-14,20H,1-2,7-8,11,15H2/t20-/m0/s1. The number of carbonyl (C=O) groups is 1. The number of benzene rings is 1. The van der Waals surface area contributed by atoms with Gasteiger partial charge in [0, 0.05) is 25.2 Å². The van der Waals surface area contributed by atoms with E-state index < -0.39 is 16.1 Å². The number of ether oxygens (including phenoxy) is 1. The summed E-state index contributed by atoms with van der Waals surface area (Å²) in [6.45, 7) is 0.730. The molecule has 0 unspecified atom stereocenters. The molecule has 1 fully saturated rings. The van der Waals surface area contributed by atoms with Gasteiger partial charge in [0.1, 0.15) is 16.6 Å². The molecule has 0 spiro atoms. The molecule has 4 rings (SSSR count). The topological polar surface area (TPSA) is 76.6 Å². The van der Waals surface area contributed by atoms with Crippen molar-refractivity contribution in [3.63, 3.8) is 0 Å². The lowest BCUT2D eigenvalue weighted by molar-refractivity contribution is -0.122. The van der Waals surface area contributed by atoms with Gasteiger partial charge in [-0.25, -0.2) is 8.42 Å². The Morgan fingerprint density at radius 3 is 2.58 bits per heavy atom. The zero-order chi connectivity index (χ0) is 23.4. The molecule has 3 aromatic rings. The number of ketones is 1. The Morgan fingerprint density at radius 2 is 1.88 bits per heavy atom. The summed E-state index contributed by atoms with van der Waals surface area (Å²) in [5.41, 5.74) is 1.99. The number of nitrogens with zero attached hydrogens (tertiary/aromatic N) is 2. The van der Waals surface area contributed by atoms with Gasteiger partial charge in [0.05, 0.1) is 21.6 Å². The molecule has 1 aliphatic rings. The lowest BCUT2D eigenvalue weighted by atomic mass is 10.0. The Balaban J connectivity index is 1.32. The maximum Gasteiger partial charge on any atom is 0.253 e. The van der Waals surface area contributed by atoms with Gasteiger partial charge in [-0.2, -0.15) is 4.31 Å². The van der Waals surface area contributed by atoms with Crippen LogP contribution in [-0.4, -0.2) is 36.1 Å². The second-order valence-electron chi connectivity index (χ2n) is 7.74. The van der Waals surface area contributed by atoms with E-state index in [-0.39, 0.29) is 16.4 Å². The van der Waals surface area contributed by atoms with Crippen LogP contribution in [0, 0.1) is 0 Å². The third kappa shape index (κ3) is 5.94. The van der Waals surface area contributed by atoms with Gasteiger partial charge < -0.3 is 4.74 Å². The molecule has 2 aromatic heterocycles. The minimum absolute atomic E-state index is 0.0559. The predicted molar refractivity (Wildman–Crippen MR) is 130 cm³/mol. The molecule has 10 heteroatoms.